The Labute approximate surface area is 120 Å². The van der Waals surface area contributed by atoms with E-state index in [-0.39, 0.29) is 23.3 Å². The average molecular weight is 297 g/mol. The van der Waals surface area contributed by atoms with Gasteiger partial charge in [-0.05, 0) is 37.1 Å². The molecule has 0 saturated heterocycles. The van der Waals surface area contributed by atoms with Crippen LogP contribution < -0.4 is 5.32 Å². The normalized spacial score (nSPS) is 13.8. The van der Waals surface area contributed by atoms with E-state index in [0.29, 0.717) is 10.8 Å². The van der Waals surface area contributed by atoms with Gasteiger partial charge in [0.15, 0.2) is 0 Å². The molecule has 0 aromatic heterocycles. The molecule has 0 spiro atoms. The summed E-state index contributed by atoms with van der Waals surface area (Å²) in [6.07, 6.45) is 0. The molecule has 0 aliphatic heterocycles. The van der Waals surface area contributed by atoms with Crippen molar-refractivity contribution in [2.45, 2.75) is 31.7 Å². The molecule has 2 atom stereocenters. The Hall–Kier alpha value is -1.69. The van der Waals surface area contributed by atoms with E-state index in [2.05, 4.69) is 5.32 Å². The quantitative estimate of drug-likeness (QED) is 0.836. The molecule has 0 radical (unpaired) electrons. The molecule has 1 amide bonds. The van der Waals surface area contributed by atoms with E-state index in [1.807, 2.05) is 20.8 Å². The van der Waals surface area contributed by atoms with Gasteiger partial charge >= 0.3 is 5.97 Å². The molecule has 2 unspecified atom stereocenters. The lowest BCUT2D eigenvalue weighted by Gasteiger charge is -2.17. The summed E-state index contributed by atoms with van der Waals surface area (Å²) in [7, 11) is -1.47. The summed E-state index contributed by atoms with van der Waals surface area (Å²) in [5, 5.41) is 11.6. The van der Waals surface area contributed by atoms with Crippen LogP contribution in [-0.2, 0) is 15.6 Å². The second-order valence-corrected chi connectivity index (χ2v) is 6.37. The van der Waals surface area contributed by atoms with Gasteiger partial charge in [0.2, 0.25) is 5.91 Å². The third kappa shape index (κ3) is 4.77. The van der Waals surface area contributed by atoms with Gasteiger partial charge in [-0.3, -0.25) is 9.00 Å². The minimum Gasteiger partial charge on any atom is -0.478 e. The first kappa shape index (κ1) is 16.4. The third-order valence-corrected chi connectivity index (χ3v) is 4.34. The van der Waals surface area contributed by atoms with Crippen LogP contribution in [0.1, 0.15) is 31.1 Å². The highest BCUT2D eigenvalue weighted by atomic mass is 32.2. The van der Waals surface area contributed by atoms with Crippen LogP contribution in [0.3, 0.4) is 0 Å². The van der Waals surface area contributed by atoms with E-state index in [1.54, 1.807) is 0 Å². The van der Waals surface area contributed by atoms with Crippen molar-refractivity contribution in [1.29, 1.82) is 0 Å². The Bertz CT molecular complexity index is 510. The summed E-state index contributed by atoms with van der Waals surface area (Å²) in [5.74, 6) is -1.12. The van der Waals surface area contributed by atoms with Crippen LogP contribution in [0.5, 0.6) is 0 Å². The van der Waals surface area contributed by atoms with Crippen molar-refractivity contribution in [2.75, 3.05) is 5.75 Å². The fourth-order valence-electron chi connectivity index (χ4n) is 1.41. The van der Waals surface area contributed by atoms with Crippen LogP contribution in [0.2, 0.25) is 0 Å². The molecule has 0 fully saturated rings. The molecule has 0 heterocycles. The van der Waals surface area contributed by atoms with Crippen molar-refractivity contribution >= 4 is 22.7 Å². The first-order valence-electron chi connectivity index (χ1n) is 6.32. The minimum absolute atomic E-state index is 0.0221. The van der Waals surface area contributed by atoms with E-state index in [9.17, 15) is 13.8 Å². The van der Waals surface area contributed by atoms with Gasteiger partial charge in [-0.25, -0.2) is 4.79 Å². The van der Waals surface area contributed by atoms with Crippen molar-refractivity contribution in [2.24, 2.45) is 5.92 Å². The minimum atomic E-state index is -1.47. The number of hydrogen-bond acceptors (Lipinski definition) is 3. The maximum atomic E-state index is 12.0. The molecular weight excluding hydrogens is 278 g/mol. The summed E-state index contributed by atoms with van der Waals surface area (Å²) < 4.78 is 12.0. The maximum Gasteiger partial charge on any atom is 0.335 e. The molecule has 0 bridgehead atoms. The Morgan fingerprint density at radius 1 is 1.20 bits per heavy atom. The van der Waals surface area contributed by atoms with Gasteiger partial charge in [0.1, 0.15) is 5.75 Å². The topological polar surface area (TPSA) is 83.5 Å². The highest BCUT2D eigenvalue weighted by Crippen LogP contribution is 2.09. The summed E-state index contributed by atoms with van der Waals surface area (Å²) >= 11 is 0. The molecular formula is C14H19NO4S. The predicted octanol–water partition coefficient (Wildman–Crippen LogP) is 1.65. The number of rotatable bonds is 6. The number of aromatic carboxylic acids is 1. The molecule has 110 valence electrons. The fraction of sp³-hybridized carbons (Fsp3) is 0.429. The van der Waals surface area contributed by atoms with Crippen molar-refractivity contribution < 1.29 is 18.9 Å². The smallest absolute Gasteiger partial charge is 0.335 e. The van der Waals surface area contributed by atoms with Crippen LogP contribution in [-0.4, -0.2) is 33.0 Å². The third-order valence-electron chi connectivity index (χ3n) is 3.02. The van der Waals surface area contributed by atoms with Crippen molar-refractivity contribution in [3.05, 3.63) is 29.8 Å². The van der Waals surface area contributed by atoms with Gasteiger partial charge in [-0.15, -0.1) is 0 Å². The Morgan fingerprint density at radius 2 is 1.75 bits per heavy atom. The van der Waals surface area contributed by atoms with Gasteiger partial charge in [-0.1, -0.05) is 13.8 Å². The van der Waals surface area contributed by atoms with Crippen LogP contribution in [0.4, 0.5) is 0 Å². The number of amides is 1. The molecule has 5 nitrogen and oxygen atoms in total. The standard InChI is InChI=1S/C14H19NO4S/c1-9(2)10(3)15-13(16)8-20(19)12-6-4-11(5-7-12)14(17)18/h4-7,9-10H,8H2,1-3H3,(H,15,16)(H,17,18). The molecule has 1 aromatic rings. The number of carboxylic acids is 1. The second-order valence-electron chi connectivity index (χ2n) is 4.92. The number of benzene rings is 1. The first-order chi connectivity index (χ1) is 9.31. The maximum absolute atomic E-state index is 12.0. The number of carbonyl (C=O) groups is 2. The summed E-state index contributed by atoms with van der Waals surface area (Å²) in [6.45, 7) is 5.88. The number of hydrogen-bond donors (Lipinski definition) is 2. The van der Waals surface area contributed by atoms with Gasteiger partial charge in [0, 0.05) is 10.9 Å². The molecule has 0 aliphatic rings. The largest absolute Gasteiger partial charge is 0.478 e. The van der Waals surface area contributed by atoms with Crippen LogP contribution in [0.25, 0.3) is 0 Å². The molecule has 0 aliphatic carbocycles. The van der Waals surface area contributed by atoms with Crippen LogP contribution in [0, 0.1) is 5.92 Å². The van der Waals surface area contributed by atoms with Gasteiger partial charge in [0.25, 0.3) is 0 Å². The van der Waals surface area contributed by atoms with E-state index in [0.717, 1.165) is 0 Å². The van der Waals surface area contributed by atoms with Crippen molar-refractivity contribution in [3.8, 4) is 0 Å². The summed E-state index contributed by atoms with van der Waals surface area (Å²) in [4.78, 5) is 22.9. The first-order valence-corrected chi connectivity index (χ1v) is 7.64. The lowest BCUT2D eigenvalue weighted by molar-refractivity contribution is -0.119. The summed E-state index contributed by atoms with van der Waals surface area (Å²) in [5.41, 5.74) is 0.128. The Kier molecular flexibility index (Phi) is 5.88. The lowest BCUT2D eigenvalue weighted by Crippen LogP contribution is -2.38. The zero-order valence-electron chi connectivity index (χ0n) is 11.8. The second kappa shape index (κ2) is 7.19. The SMILES string of the molecule is CC(C)C(C)NC(=O)CS(=O)c1ccc(C(=O)O)cc1. The lowest BCUT2D eigenvalue weighted by atomic mass is 10.1. The van der Waals surface area contributed by atoms with Gasteiger partial charge in [-0.2, -0.15) is 0 Å². The van der Waals surface area contributed by atoms with Crippen molar-refractivity contribution in [3.63, 3.8) is 0 Å². The van der Waals surface area contributed by atoms with Gasteiger partial charge < -0.3 is 10.4 Å². The number of carboxylic acid groups (broad SMARTS) is 1. The monoisotopic (exact) mass is 297 g/mol. The zero-order chi connectivity index (χ0) is 15.3. The predicted molar refractivity (Wildman–Crippen MR) is 77.1 cm³/mol. The molecule has 2 N–H and O–H groups in total. The highest BCUT2D eigenvalue weighted by Gasteiger charge is 2.14. The van der Waals surface area contributed by atoms with E-state index < -0.39 is 16.8 Å². The Balaban J connectivity index is 2.62. The molecule has 20 heavy (non-hydrogen) atoms. The molecule has 0 saturated carbocycles. The molecule has 1 aromatic carbocycles. The number of nitrogens with one attached hydrogen (secondary N) is 1. The average Bonchev–Trinajstić information content (AvgIpc) is 2.38. The molecule has 1 rings (SSSR count). The Morgan fingerprint density at radius 3 is 2.20 bits per heavy atom. The fourth-order valence-corrected chi connectivity index (χ4v) is 2.34. The van der Waals surface area contributed by atoms with Crippen LogP contribution in [0.15, 0.2) is 29.2 Å². The number of carbonyl (C=O) groups excluding carboxylic acids is 1. The van der Waals surface area contributed by atoms with Crippen molar-refractivity contribution in [1.82, 2.24) is 5.32 Å². The van der Waals surface area contributed by atoms with E-state index in [1.165, 1.54) is 24.3 Å². The van der Waals surface area contributed by atoms with E-state index >= 15 is 0 Å². The zero-order valence-corrected chi connectivity index (χ0v) is 12.6. The highest BCUT2D eigenvalue weighted by molar-refractivity contribution is 7.85. The summed E-state index contributed by atoms with van der Waals surface area (Å²) in [6, 6.07) is 5.72. The van der Waals surface area contributed by atoms with Gasteiger partial charge in [0.05, 0.1) is 16.4 Å². The molecule has 6 heteroatoms. The van der Waals surface area contributed by atoms with E-state index in [4.69, 9.17) is 5.11 Å². The van der Waals surface area contributed by atoms with Crippen LogP contribution >= 0.6 is 0 Å².